The standard InChI is InChI=1S/C19H17N5O2S/c1-12-5-3-4-6-17(12)27(25,26)24-15-9-7-14(8-10-15)16-11-20-18-13(2)22-23-19(18)21-16/h3-11,24H,1-2H3,(H,21,22,23). The van der Waals surface area contributed by atoms with Crippen LogP contribution >= 0.6 is 0 Å². The lowest BCUT2D eigenvalue weighted by Crippen LogP contribution is -2.14. The molecule has 0 fully saturated rings. The van der Waals surface area contributed by atoms with Gasteiger partial charge in [-0.05, 0) is 37.6 Å². The Morgan fingerprint density at radius 2 is 1.74 bits per heavy atom. The van der Waals surface area contributed by atoms with E-state index in [0.717, 1.165) is 16.8 Å². The van der Waals surface area contributed by atoms with E-state index in [-0.39, 0.29) is 4.90 Å². The van der Waals surface area contributed by atoms with Crippen LogP contribution in [0.3, 0.4) is 0 Å². The number of aryl methyl sites for hydroxylation is 2. The van der Waals surface area contributed by atoms with Crippen molar-refractivity contribution in [2.75, 3.05) is 4.72 Å². The third kappa shape index (κ3) is 3.26. The minimum Gasteiger partial charge on any atom is -0.280 e. The Morgan fingerprint density at radius 1 is 1.00 bits per heavy atom. The summed E-state index contributed by atoms with van der Waals surface area (Å²) in [4.78, 5) is 9.13. The lowest BCUT2D eigenvalue weighted by atomic mass is 10.1. The molecule has 0 bridgehead atoms. The van der Waals surface area contributed by atoms with E-state index in [9.17, 15) is 8.42 Å². The van der Waals surface area contributed by atoms with Crippen molar-refractivity contribution in [1.82, 2.24) is 20.2 Å². The maximum absolute atomic E-state index is 12.6. The summed E-state index contributed by atoms with van der Waals surface area (Å²) in [6, 6.07) is 13.9. The molecule has 7 nitrogen and oxygen atoms in total. The summed E-state index contributed by atoms with van der Waals surface area (Å²) in [6.07, 6.45) is 1.68. The van der Waals surface area contributed by atoms with E-state index >= 15 is 0 Å². The maximum Gasteiger partial charge on any atom is 0.262 e. The van der Waals surface area contributed by atoms with Crippen molar-refractivity contribution in [2.45, 2.75) is 18.7 Å². The number of benzene rings is 2. The number of nitrogens with zero attached hydrogens (tertiary/aromatic N) is 3. The molecule has 0 aliphatic rings. The Labute approximate surface area is 156 Å². The molecular weight excluding hydrogens is 362 g/mol. The predicted molar refractivity (Wildman–Crippen MR) is 104 cm³/mol. The third-order valence-corrected chi connectivity index (χ3v) is 5.80. The van der Waals surface area contributed by atoms with Crippen LogP contribution in [0.15, 0.2) is 59.6 Å². The quantitative estimate of drug-likeness (QED) is 0.566. The van der Waals surface area contributed by atoms with Gasteiger partial charge in [0.25, 0.3) is 10.0 Å². The molecular formula is C19H17N5O2S. The van der Waals surface area contributed by atoms with Gasteiger partial charge >= 0.3 is 0 Å². The van der Waals surface area contributed by atoms with Crippen LogP contribution in [0.2, 0.25) is 0 Å². The van der Waals surface area contributed by atoms with Gasteiger partial charge in [0.1, 0.15) is 5.52 Å². The first-order chi connectivity index (χ1) is 12.9. The molecule has 0 spiro atoms. The Hall–Kier alpha value is -3.26. The molecule has 0 amide bonds. The van der Waals surface area contributed by atoms with Gasteiger partial charge in [-0.3, -0.25) is 9.82 Å². The van der Waals surface area contributed by atoms with Gasteiger partial charge in [-0.25, -0.2) is 18.4 Å². The van der Waals surface area contributed by atoms with E-state index in [0.29, 0.717) is 22.6 Å². The number of nitrogens with one attached hydrogen (secondary N) is 2. The Kier molecular flexibility index (Phi) is 4.12. The van der Waals surface area contributed by atoms with Crippen LogP contribution in [0.25, 0.3) is 22.4 Å². The molecule has 0 aliphatic carbocycles. The van der Waals surface area contributed by atoms with Crippen LogP contribution in [-0.4, -0.2) is 28.6 Å². The van der Waals surface area contributed by atoms with Crippen molar-refractivity contribution in [1.29, 1.82) is 0 Å². The van der Waals surface area contributed by atoms with Gasteiger partial charge in [0.05, 0.1) is 22.5 Å². The second kappa shape index (κ2) is 6.48. The average molecular weight is 379 g/mol. The van der Waals surface area contributed by atoms with Crippen molar-refractivity contribution in [3.63, 3.8) is 0 Å². The van der Waals surface area contributed by atoms with Gasteiger partial charge < -0.3 is 0 Å². The van der Waals surface area contributed by atoms with Gasteiger partial charge in [-0.15, -0.1) is 0 Å². The largest absolute Gasteiger partial charge is 0.280 e. The van der Waals surface area contributed by atoms with Gasteiger partial charge in [0.15, 0.2) is 5.65 Å². The van der Waals surface area contributed by atoms with Crippen LogP contribution in [0, 0.1) is 13.8 Å². The number of hydrogen-bond donors (Lipinski definition) is 2. The lowest BCUT2D eigenvalue weighted by Gasteiger charge is -2.10. The fourth-order valence-corrected chi connectivity index (χ4v) is 4.13. The molecule has 2 N–H and O–H groups in total. The molecule has 0 unspecified atom stereocenters. The summed E-state index contributed by atoms with van der Waals surface area (Å²) in [7, 11) is -3.64. The molecule has 8 heteroatoms. The van der Waals surface area contributed by atoms with E-state index in [1.54, 1.807) is 55.6 Å². The van der Waals surface area contributed by atoms with Crippen molar-refractivity contribution in [3.05, 3.63) is 66.0 Å². The molecule has 27 heavy (non-hydrogen) atoms. The minimum atomic E-state index is -3.64. The zero-order valence-corrected chi connectivity index (χ0v) is 15.6. The van der Waals surface area contributed by atoms with Crippen molar-refractivity contribution in [2.24, 2.45) is 0 Å². The highest BCUT2D eigenvalue weighted by Crippen LogP contribution is 2.23. The predicted octanol–water partition coefficient (Wildman–Crippen LogP) is 3.44. The summed E-state index contributed by atoms with van der Waals surface area (Å²) in [5.74, 6) is 0. The molecule has 0 saturated carbocycles. The molecule has 2 aromatic heterocycles. The summed E-state index contributed by atoms with van der Waals surface area (Å²) >= 11 is 0. The van der Waals surface area contributed by atoms with Gasteiger partial charge in [0, 0.05) is 11.3 Å². The number of aromatic amines is 1. The van der Waals surface area contributed by atoms with E-state index in [1.165, 1.54) is 0 Å². The number of hydrogen-bond acceptors (Lipinski definition) is 5. The Balaban J connectivity index is 1.61. The monoisotopic (exact) mass is 379 g/mol. The minimum absolute atomic E-state index is 0.263. The molecule has 0 aliphatic heterocycles. The zero-order chi connectivity index (χ0) is 19.0. The molecule has 0 saturated heterocycles. The average Bonchev–Trinajstić information content (AvgIpc) is 3.03. The normalized spacial score (nSPS) is 11.6. The highest BCUT2D eigenvalue weighted by atomic mass is 32.2. The van der Waals surface area contributed by atoms with Crippen LogP contribution < -0.4 is 4.72 Å². The van der Waals surface area contributed by atoms with E-state index in [2.05, 4.69) is 24.9 Å². The first kappa shape index (κ1) is 17.2. The van der Waals surface area contributed by atoms with E-state index in [4.69, 9.17) is 0 Å². The number of anilines is 1. The number of aromatic nitrogens is 4. The molecule has 4 rings (SSSR count). The molecule has 136 valence electrons. The maximum atomic E-state index is 12.6. The van der Waals surface area contributed by atoms with Crippen molar-refractivity contribution < 1.29 is 8.42 Å². The van der Waals surface area contributed by atoms with Crippen LogP contribution in [0.5, 0.6) is 0 Å². The first-order valence-corrected chi connectivity index (χ1v) is 9.79. The fourth-order valence-electron chi connectivity index (χ4n) is 2.83. The molecule has 0 radical (unpaired) electrons. The van der Waals surface area contributed by atoms with Gasteiger partial charge in [-0.2, -0.15) is 5.10 Å². The first-order valence-electron chi connectivity index (χ1n) is 8.31. The summed E-state index contributed by atoms with van der Waals surface area (Å²) < 4.78 is 27.8. The van der Waals surface area contributed by atoms with Crippen LogP contribution in [0.4, 0.5) is 5.69 Å². The molecule has 2 aromatic carbocycles. The van der Waals surface area contributed by atoms with Crippen molar-refractivity contribution >= 4 is 26.9 Å². The molecule has 4 aromatic rings. The molecule has 2 heterocycles. The number of sulfonamides is 1. The third-order valence-electron chi connectivity index (χ3n) is 4.25. The fraction of sp³-hybridized carbons (Fsp3) is 0.105. The van der Waals surface area contributed by atoms with E-state index < -0.39 is 10.0 Å². The number of fused-ring (bicyclic) bond motifs is 1. The zero-order valence-electron chi connectivity index (χ0n) is 14.8. The number of H-pyrrole nitrogens is 1. The topological polar surface area (TPSA) is 101 Å². The van der Waals surface area contributed by atoms with Gasteiger partial charge in [0.2, 0.25) is 0 Å². The second-order valence-corrected chi connectivity index (χ2v) is 7.88. The highest BCUT2D eigenvalue weighted by molar-refractivity contribution is 7.92. The Morgan fingerprint density at radius 3 is 2.48 bits per heavy atom. The van der Waals surface area contributed by atoms with Gasteiger partial charge in [-0.1, -0.05) is 30.3 Å². The van der Waals surface area contributed by atoms with Crippen molar-refractivity contribution in [3.8, 4) is 11.3 Å². The highest BCUT2D eigenvalue weighted by Gasteiger charge is 2.16. The summed E-state index contributed by atoms with van der Waals surface area (Å²) in [6.45, 7) is 3.66. The van der Waals surface area contributed by atoms with Crippen LogP contribution in [-0.2, 0) is 10.0 Å². The second-order valence-electron chi connectivity index (χ2n) is 6.22. The summed E-state index contributed by atoms with van der Waals surface area (Å²) in [5.41, 5.74) is 4.82. The SMILES string of the molecule is Cc1ccccc1S(=O)(=O)Nc1ccc(-c2cnc3c(C)[nH]nc3n2)cc1. The lowest BCUT2D eigenvalue weighted by molar-refractivity contribution is 0.600. The number of rotatable bonds is 4. The summed E-state index contributed by atoms with van der Waals surface area (Å²) in [5, 5.41) is 6.98. The molecule has 0 atom stereocenters. The van der Waals surface area contributed by atoms with E-state index in [1.807, 2.05) is 13.0 Å². The van der Waals surface area contributed by atoms with Crippen LogP contribution in [0.1, 0.15) is 11.3 Å². The Bertz CT molecular complexity index is 1230. The smallest absolute Gasteiger partial charge is 0.262 e.